The number of β-amino-alcohol motifs (C(OH)–C–C–N with tert-alkyl or cyclic N) is 1. The molecule has 1 unspecified atom stereocenters. The highest BCUT2D eigenvalue weighted by Crippen LogP contribution is 2.29. The molecule has 0 aliphatic carbocycles. The Bertz CT molecular complexity index is 630. The van der Waals surface area contributed by atoms with E-state index in [1.54, 1.807) is 0 Å². The average Bonchev–Trinajstić information content (AvgIpc) is 2.92. The Labute approximate surface area is 117 Å². The standard InChI is InChI=1S/C15H15N3O2/c16-9-13-15(18-8-4-7-12(19)10-18)20-14(17-13)11-5-2-1-3-6-11/h1-3,5-6,12,19H,4,7-8,10H2. The van der Waals surface area contributed by atoms with Crippen LogP contribution in [0.5, 0.6) is 0 Å². The fraction of sp³-hybridized carbons (Fsp3) is 0.333. The van der Waals surface area contributed by atoms with Crippen molar-refractivity contribution in [2.75, 3.05) is 18.0 Å². The van der Waals surface area contributed by atoms with Crippen molar-refractivity contribution in [3.8, 4) is 17.5 Å². The van der Waals surface area contributed by atoms with Crippen LogP contribution in [0.2, 0.25) is 0 Å². The molecule has 0 amide bonds. The molecule has 3 rings (SSSR count). The van der Waals surface area contributed by atoms with Crippen LogP contribution >= 0.6 is 0 Å². The smallest absolute Gasteiger partial charge is 0.235 e. The zero-order valence-electron chi connectivity index (χ0n) is 11.0. The lowest BCUT2D eigenvalue weighted by Crippen LogP contribution is -2.38. The first-order chi connectivity index (χ1) is 9.78. The number of aliphatic hydroxyl groups is 1. The van der Waals surface area contributed by atoms with Gasteiger partial charge in [0.15, 0.2) is 0 Å². The fourth-order valence-corrected chi connectivity index (χ4v) is 2.44. The summed E-state index contributed by atoms with van der Waals surface area (Å²) in [5.41, 5.74) is 1.12. The monoisotopic (exact) mass is 269 g/mol. The molecule has 1 saturated heterocycles. The average molecular weight is 269 g/mol. The molecular formula is C15H15N3O2. The SMILES string of the molecule is N#Cc1nc(-c2ccccc2)oc1N1CCCC(O)C1. The number of nitrogens with zero attached hydrogens (tertiary/aromatic N) is 3. The summed E-state index contributed by atoms with van der Waals surface area (Å²) in [5, 5.41) is 19.0. The molecule has 1 aromatic carbocycles. The van der Waals surface area contributed by atoms with E-state index in [-0.39, 0.29) is 11.8 Å². The van der Waals surface area contributed by atoms with Crippen LogP contribution in [0.15, 0.2) is 34.7 Å². The van der Waals surface area contributed by atoms with Gasteiger partial charge < -0.3 is 14.4 Å². The number of benzene rings is 1. The zero-order chi connectivity index (χ0) is 13.9. The Kier molecular flexibility index (Phi) is 3.40. The van der Waals surface area contributed by atoms with Crippen molar-refractivity contribution in [3.05, 3.63) is 36.0 Å². The second-order valence-corrected chi connectivity index (χ2v) is 4.89. The lowest BCUT2D eigenvalue weighted by Gasteiger charge is -2.29. The number of oxazole rings is 1. The summed E-state index contributed by atoms with van der Waals surface area (Å²) in [6.07, 6.45) is 1.30. The molecule has 102 valence electrons. The minimum absolute atomic E-state index is 0.276. The van der Waals surface area contributed by atoms with E-state index >= 15 is 0 Å². The van der Waals surface area contributed by atoms with E-state index in [1.807, 2.05) is 35.2 Å². The van der Waals surface area contributed by atoms with Crippen LogP contribution in [0.1, 0.15) is 18.5 Å². The Morgan fingerprint density at radius 2 is 2.15 bits per heavy atom. The zero-order valence-corrected chi connectivity index (χ0v) is 11.0. The second-order valence-electron chi connectivity index (χ2n) is 4.89. The minimum atomic E-state index is -0.374. The first-order valence-electron chi connectivity index (χ1n) is 6.67. The molecule has 1 atom stereocenters. The first-order valence-corrected chi connectivity index (χ1v) is 6.67. The normalized spacial score (nSPS) is 18.8. The summed E-state index contributed by atoms with van der Waals surface area (Å²) in [5.74, 6) is 0.905. The van der Waals surface area contributed by atoms with Crippen LogP contribution in [-0.2, 0) is 0 Å². The molecule has 1 fully saturated rings. The van der Waals surface area contributed by atoms with Crippen LogP contribution in [0.25, 0.3) is 11.5 Å². The van der Waals surface area contributed by atoms with Crippen molar-refractivity contribution in [1.29, 1.82) is 5.26 Å². The maximum Gasteiger partial charge on any atom is 0.235 e. The topological polar surface area (TPSA) is 73.3 Å². The van der Waals surface area contributed by atoms with Gasteiger partial charge in [-0.25, -0.2) is 0 Å². The van der Waals surface area contributed by atoms with Crippen molar-refractivity contribution in [1.82, 2.24) is 4.98 Å². The van der Waals surface area contributed by atoms with E-state index in [4.69, 9.17) is 4.42 Å². The van der Waals surface area contributed by atoms with Gasteiger partial charge in [-0.1, -0.05) is 18.2 Å². The molecule has 5 heteroatoms. The molecule has 1 aromatic heterocycles. The largest absolute Gasteiger partial charge is 0.419 e. The van der Waals surface area contributed by atoms with Crippen molar-refractivity contribution in [3.63, 3.8) is 0 Å². The predicted octanol–water partition coefficient (Wildman–Crippen LogP) is 2.17. The number of hydrogen-bond acceptors (Lipinski definition) is 5. The molecule has 0 radical (unpaired) electrons. The van der Waals surface area contributed by atoms with Gasteiger partial charge in [-0.05, 0) is 25.0 Å². The van der Waals surface area contributed by atoms with E-state index < -0.39 is 0 Å². The van der Waals surface area contributed by atoms with Gasteiger partial charge in [0.05, 0.1) is 6.10 Å². The summed E-state index contributed by atoms with van der Waals surface area (Å²) < 4.78 is 5.76. The Balaban J connectivity index is 1.95. The van der Waals surface area contributed by atoms with Crippen molar-refractivity contribution >= 4 is 5.88 Å². The third-order valence-electron chi connectivity index (χ3n) is 3.42. The second kappa shape index (κ2) is 5.35. The van der Waals surface area contributed by atoms with Gasteiger partial charge in [0.1, 0.15) is 6.07 Å². The quantitative estimate of drug-likeness (QED) is 0.904. The summed E-state index contributed by atoms with van der Waals surface area (Å²) in [6, 6.07) is 11.6. The highest BCUT2D eigenvalue weighted by atomic mass is 16.4. The summed E-state index contributed by atoms with van der Waals surface area (Å²) >= 11 is 0. The molecule has 1 aliphatic heterocycles. The van der Waals surface area contributed by atoms with Crippen molar-refractivity contribution in [2.24, 2.45) is 0 Å². The van der Waals surface area contributed by atoms with Crippen LogP contribution in [0.3, 0.4) is 0 Å². The van der Waals surface area contributed by atoms with Gasteiger partial charge in [-0.3, -0.25) is 0 Å². The number of hydrogen-bond donors (Lipinski definition) is 1. The number of rotatable bonds is 2. The van der Waals surface area contributed by atoms with Crippen molar-refractivity contribution < 1.29 is 9.52 Å². The molecule has 1 N–H and O–H groups in total. The van der Waals surface area contributed by atoms with Gasteiger partial charge >= 0.3 is 0 Å². The molecular weight excluding hydrogens is 254 g/mol. The Morgan fingerprint density at radius 3 is 2.85 bits per heavy atom. The number of aliphatic hydroxyl groups excluding tert-OH is 1. The van der Waals surface area contributed by atoms with E-state index in [1.165, 1.54) is 0 Å². The molecule has 0 bridgehead atoms. The number of piperidine rings is 1. The maximum atomic E-state index is 9.74. The van der Waals surface area contributed by atoms with Crippen LogP contribution in [0.4, 0.5) is 5.88 Å². The summed E-state index contributed by atoms with van der Waals surface area (Å²) in [4.78, 5) is 6.14. The minimum Gasteiger partial charge on any atom is -0.419 e. The molecule has 20 heavy (non-hydrogen) atoms. The Morgan fingerprint density at radius 1 is 1.35 bits per heavy atom. The predicted molar refractivity (Wildman–Crippen MR) is 74.1 cm³/mol. The number of aromatic nitrogens is 1. The van der Waals surface area contributed by atoms with E-state index in [0.717, 1.165) is 24.9 Å². The summed E-state index contributed by atoms with van der Waals surface area (Å²) in [7, 11) is 0. The van der Waals surface area contributed by atoms with E-state index in [2.05, 4.69) is 11.1 Å². The van der Waals surface area contributed by atoms with Crippen LogP contribution < -0.4 is 4.90 Å². The lowest BCUT2D eigenvalue weighted by atomic mass is 10.1. The van der Waals surface area contributed by atoms with Gasteiger partial charge in [0.25, 0.3) is 0 Å². The molecule has 1 aliphatic rings. The van der Waals surface area contributed by atoms with E-state index in [9.17, 15) is 10.4 Å². The van der Waals surface area contributed by atoms with Gasteiger partial charge in [-0.15, -0.1) is 0 Å². The summed E-state index contributed by atoms with van der Waals surface area (Å²) in [6.45, 7) is 1.26. The third kappa shape index (κ3) is 2.38. The molecule has 0 saturated carbocycles. The molecule has 0 spiro atoms. The Hall–Kier alpha value is -2.32. The van der Waals surface area contributed by atoms with Gasteiger partial charge in [-0.2, -0.15) is 10.2 Å². The highest BCUT2D eigenvalue weighted by molar-refractivity contribution is 5.59. The molecule has 5 nitrogen and oxygen atoms in total. The number of anilines is 1. The molecule has 2 heterocycles. The third-order valence-corrected chi connectivity index (χ3v) is 3.42. The molecule has 2 aromatic rings. The highest BCUT2D eigenvalue weighted by Gasteiger charge is 2.25. The maximum absolute atomic E-state index is 9.74. The van der Waals surface area contributed by atoms with Crippen LogP contribution in [-0.4, -0.2) is 29.3 Å². The van der Waals surface area contributed by atoms with Gasteiger partial charge in [0, 0.05) is 18.7 Å². The number of nitriles is 1. The fourth-order valence-electron chi connectivity index (χ4n) is 2.44. The van der Waals surface area contributed by atoms with Crippen LogP contribution in [0, 0.1) is 11.3 Å². The van der Waals surface area contributed by atoms with Gasteiger partial charge in [0.2, 0.25) is 17.5 Å². The van der Waals surface area contributed by atoms with E-state index in [0.29, 0.717) is 18.3 Å². The first kappa shape index (κ1) is 12.7. The lowest BCUT2D eigenvalue weighted by molar-refractivity contribution is 0.152. The van der Waals surface area contributed by atoms with Crippen molar-refractivity contribution in [2.45, 2.75) is 18.9 Å².